The molecule has 172 valence electrons. The number of hydrogen-bond acceptors (Lipinski definition) is 3. The molecule has 1 heterocycles. The molecule has 4 saturated carbocycles. The normalized spacial score (nSPS) is 30.4. The van der Waals surface area contributed by atoms with E-state index in [4.69, 9.17) is 0 Å². The van der Waals surface area contributed by atoms with E-state index in [9.17, 15) is 14.4 Å². The summed E-state index contributed by atoms with van der Waals surface area (Å²) in [4.78, 5) is 40.0. The Balaban J connectivity index is 1.11. The number of carbonyl (C=O) groups is 3. The first kappa shape index (κ1) is 21.5. The summed E-state index contributed by atoms with van der Waals surface area (Å²) < 4.78 is 0. The molecule has 6 rings (SSSR count). The molecule has 5 aliphatic rings. The van der Waals surface area contributed by atoms with Crippen molar-refractivity contribution >= 4 is 23.4 Å². The van der Waals surface area contributed by atoms with Gasteiger partial charge in [0, 0.05) is 42.7 Å². The SMILES string of the molecule is Cc1cc(C(=O)N2CCCC2)ccc1NC(=O)CCNC(=O)C12CC3CC(CC(C3)C1)C2. The van der Waals surface area contributed by atoms with Crippen molar-refractivity contribution in [3.63, 3.8) is 0 Å². The topological polar surface area (TPSA) is 78.5 Å². The number of amides is 3. The lowest BCUT2D eigenvalue weighted by atomic mass is 9.49. The first-order valence-corrected chi connectivity index (χ1v) is 12.4. The lowest BCUT2D eigenvalue weighted by Gasteiger charge is -2.55. The maximum atomic E-state index is 13.0. The van der Waals surface area contributed by atoms with Gasteiger partial charge in [-0.15, -0.1) is 0 Å². The summed E-state index contributed by atoms with van der Waals surface area (Å²) in [6.45, 7) is 3.93. The van der Waals surface area contributed by atoms with Crippen LogP contribution in [0.15, 0.2) is 18.2 Å². The fraction of sp³-hybridized carbons (Fsp3) is 0.654. The van der Waals surface area contributed by atoms with Crippen molar-refractivity contribution in [3.8, 4) is 0 Å². The zero-order valence-corrected chi connectivity index (χ0v) is 19.1. The van der Waals surface area contributed by atoms with Crippen molar-refractivity contribution in [1.29, 1.82) is 0 Å². The molecule has 6 nitrogen and oxygen atoms in total. The summed E-state index contributed by atoms with van der Waals surface area (Å²) >= 11 is 0. The van der Waals surface area contributed by atoms with Gasteiger partial charge in [0.05, 0.1) is 0 Å². The van der Waals surface area contributed by atoms with Crippen LogP contribution < -0.4 is 10.6 Å². The van der Waals surface area contributed by atoms with Crippen LogP contribution in [0, 0.1) is 30.1 Å². The second-order valence-corrected chi connectivity index (χ2v) is 10.8. The van der Waals surface area contributed by atoms with Gasteiger partial charge >= 0.3 is 0 Å². The van der Waals surface area contributed by atoms with Crippen LogP contribution in [0.3, 0.4) is 0 Å². The van der Waals surface area contributed by atoms with E-state index >= 15 is 0 Å². The van der Waals surface area contributed by atoms with Gasteiger partial charge in [0.25, 0.3) is 5.91 Å². The maximum absolute atomic E-state index is 13.0. The second-order valence-electron chi connectivity index (χ2n) is 10.8. The number of rotatable bonds is 6. The molecule has 1 aliphatic heterocycles. The maximum Gasteiger partial charge on any atom is 0.253 e. The molecule has 1 aromatic carbocycles. The molecule has 6 heteroatoms. The van der Waals surface area contributed by atoms with Crippen LogP contribution in [0.25, 0.3) is 0 Å². The first-order valence-electron chi connectivity index (χ1n) is 12.4. The molecule has 0 aromatic heterocycles. The Morgan fingerprint density at radius 3 is 2.22 bits per heavy atom. The van der Waals surface area contributed by atoms with Crippen LogP contribution in [0.2, 0.25) is 0 Å². The minimum Gasteiger partial charge on any atom is -0.355 e. The van der Waals surface area contributed by atoms with E-state index in [2.05, 4.69) is 10.6 Å². The van der Waals surface area contributed by atoms with Gasteiger partial charge in [-0.3, -0.25) is 14.4 Å². The molecule has 1 saturated heterocycles. The highest BCUT2D eigenvalue weighted by atomic mass is 16.2. The minimum atomic E-state index is -0.167. The average Bonchev–Trinajstić information content (AvgIpc) is 3.28. The highest BCUT2D eigenvalue weighted by Crippen LogP contribution is 2.60. The zero-order valence-electron chi connectivity index (χ0n) is 19.1. The van der Waals surface area contributed by atoms with Gasteiger partial charge < -0.3 is 15.5 Å². The summed E-state index contributed by atoms with van der Waals surface area (Å²) in [5.41, 5.74) is 2.10. The third-order valence-electron chi connectivity index (χ3n) is 8.30. The first-order chi connectivity index (χ1) is 15.4. The predicted octanol–water partition coefficient (Wildman–Crippen LogP) is 3.89. The molecule has 0 radical (unpaired) electrons. The highest BCUT2D eigenvalue weighted by Gasteiger charge is 2.54. The molecule has 0 spiro atoms. The molecule has 3 amide bonds. The number of carbonyl (C=O) groups excluding carboxylic acids is 3. The van der Waals surface area contributed by atoms with Crippen molar-refractivity contribution in [2.24, 2.45) is 23.2 Å². The molecule has 5 fully saturated rings. The van der Waals surface area contributed by atoms with Gasteiger partial charge in [-0.1, -0.05) is 0 Å². The standard InChI is InChI=1S/C26H35N3O3/c1-17-10-21(24(31)29-8-2-3-9-29)4-5-22(17)28-23(30)6-7-27-25(32)26-14-18-11-19(15-26)13-20(12-18)16-26/h4-5,10,18-20H,2-3,6-9,11-16H2,1H3,(H,27,32)(H,28,30). The largest absolute Gasteiger partial charge is 0.355 e. The van der Waals surface area contributed by atoms with Gasteiger partial charge in [0.1, 0.15) is 0 Å². The van der Waals surface area contributed by atoms with Crippen LogP contribution in [-0.4, -0.2) is 42.3 Å². The summed E-state index contributed by atoms with van der Waals surface area (Å²) in [6.07, 6.45) is 9.46. The van der Waals surface area contributed by atoms with Gasteiger partial charge in [-0.2, -0.15) is 0 Å². The third-order valence-corrected chi connectivity index (χ3v) is 8.30. The molecule has 4 aliphatic carbocycles. The van der Waals surface area contributed by atoms with Crippen molar-refractivity contribution in [1.82, 2.24) is 10.2 Å². The summed E-state index contributed by atoms with van der Waals surface area (Å²) in [5, 5.41) is 6.02. The van der Waals surface area contributed by atoms with Crippen LogP contribution in [0.1, 0.15) is 73.7 Å². The van der Waals surface area contributed by atoms with Gasteiger partial charge in [-0.25, -0.2) is 0 Å². The predicted molar refractivity (Wildman–Crippen MR) is 123 cm³/mol. The van der Waals surface area contributed by atoms with Gasteiger partial charge in [0.15, 0.2) is 0 Å². The van der Waals surface area contributed by atoms with E-state index in [1.54, 1.807) is 6.07 Å². The quantitative estimate of drug-likeness (QED) is 0.709. The van der Waals surface area contributed by atoms with Crippen LogP contribution in [0.4, 0.5) is 5.69 Å². The van der Waals surface area contributed by atoms with Crippen molar-refractivity contribution in [2.75, 3.05) is 25.0 Å². The summed E-state index contributed by atoms with van der Waals surface area (Å²) in [7, 11) is 0. The lowest BCUT2D eigenvalue weighted by molar-refractivity contribution is -0.146. The number of hydrogen-bond donors (Lipinski definition) is 2. The van der Waals surface area contributed by atoms with E-state index < -0.39 is 0 Å². The van der Waals surface area contributed by atoms with E-state index in [0.717, 1.165) is 74.2 Å². The fourth-order valence-electron chi connectivity index (χ4n) is 7.12. The Bertz CT molecular complexity index is 884. The number of nitrogens with one attached hydrogen (secondary N) is 2. The van der Waals surface area contributed by atoms with E-state index in [-0.39, 0.29) is 29.6 Å². The minimum absolute atomic E-state index is 0.0656. The van der Waals surface area contributed by atoms with Crippen molar-refractivity contribution in [2.45, 2.75) is 64.7 Å². The molecular weight excluding hydrogens is 402 g/mol. The Morgan fingerprint density at radius 1 is 1.00 bits per heavy atom. The summed E-state index contributed by atoms with van der Waals surface area (Å²) in [6, 6.07) is 5.45. The lowest BCUT2D eigenvalue weighted by Crippen LogP contribution is -2.53. The molecule has 2 N–H and O–H groups in total. The zero-order chi connectivity index (χ0) is 22.3. The van der Waals surface area contributed by atoms with Crippen LogP contribution in [0.5, 0.6) is 0 Å². The number of aryl methyl sites for hydroxylation is 1. The Morgan fingerprint density at radius 2 is 1.62 bits per heavy atom. The smallest absolute Gasteiger partial charge is 0.253 e. The number of anilines is 1. The molecule has 0 unspecified atom stereocenters. The number of benzene rings is 1. The van der Waals surface area contributed by atoms with Gasteiger partial charge in [0.2, 0.25) is 11.8 Å². The molecule has 0 atom stereocenters. The average molecular weight is 438 g/mol. The molecular formula is C26H35N3O3. The number of likely N-dealkylation sites (tertiary alicyclic amines) is 1. The van der Waals surface area contributed by atoms with Crippen LogP contribution in [-0.2, 0) is 9.59 Å². The third kappa shape index (κ3) is 4.16. The monoisotopic (exact) mass is 437 g/mol. The second kappa shape index (κ2) is 8.53. The van der Waals surface area contributed by atoms with E-state index in [1.807, 2.05) is 24.0 Å². The molecule has 32 heavy (non-hydrogen) atoms. The highest BCUT2D eigenvalue weighted by molar-refractivity contribution is 5.97. The van der Waals surface area contributed by atoms with Crippen molar-refractivity contribution < 1.29 is 14.4 Å². The fourth-order valence-corrected chi connectivity index (χ4v) is 7.12. The Labute approximate surface area is 190 Å². The van der Waals surface area contributed by atoms with Crippen molar-refractivity contribution in [3.05, 3.63) is 29.3 Å². The molecule has 4 bridgehead atoms. The van der Waals surface area contributed by atoms with E-state index in [1.165, 1.54) is 19.3 Å². The Kier molecular flexibility index (Phi) is 5.72. The van der Waals surface area contributed by atoms with E-state index in [0.29, 0.717) is 12.1 Å². The number of nitrogens with zero attached hydrogens (tertiary/aromatic N) is 1. The van der Waals surface area contributed by atoms with Gasteiger partial charge in [-0.05, 0) is 99.8 Å². The Hall–Kier alpha value is -2.37. The molecule has 1 aromatic rings. The summed E-state index contributed by atoms with van der Waals surface area (Å²) in [5.74, 6) is 2.33. The van der Waals surface area contributed by atoms with Crippen LogP contribution >= 0.6 is 0 Å².